The molecule has 5 nitrogen and oxygen atoms in total. The second-order valence-corrected chi connectivity index (χ2v) is 4.87. The summed E-state index contributed by atoms with van der Waals surface area (Å²) in [5, 5.41) is 3.65. The first kappa shape index (κ1) is 15.8. The number of nitrogens with one attached hydrogen (secondary N) is 1. The van der Waals surface area contributed by atoms with E-state index in [-0.39, 0.29) is 6.42 Å². The molecule has 19 heavy (non-hydrogen) atoms. The van der Waals surface area contributed by atoms with Gasteiger partial charge in [-0.3, -0.25) is 4.79 Å². The van der Waals surface area contributed by atoms with Crippen molar-refractivity contribution in [1.82, 2.24) is 0 Å². The Hall–Kier alpha value is -1.30. The molecule has 0 aliphatic rings. The van der Waals surface area contributed by atoms with Gasteiger partial charge < -0.3 is 20.5 Å². The molecule has 0 aromatic heterocycles. The fourth-order valence-corrected chi connectivity index (χ4v) is 1.88. The highest BCUT2D eigenvalue weighted by atomic mass is 35.5. The number of nitrogens with two attached hydrogens (primary N) is 1. The fraction of sp³-hybridized carbons (Fsp3) is 0.462. The van der Waals surface area contributed by atoms with Crippen LogP contribution in [-0.2, 0) is 14.3 Å². The molecule has 1 atom stereocenters. The molecule has 6 heteroatoms. The molecule has 0 aliphatic carbocycles. The zero-order chi connectivity index (χ0) is 14.5. The summed E-state index contributed by atoms with van der Waals surface area (Å²) in [6.07, 6.45) is -0.244. The third-order valence-electron chi connectivity index (χ3n) is 2.89. The van der Waals surface area contributed by atoms with Crippen molar-refractivity contribution in [3.05, 3.63) is 29.3 Å². The Morgan fingerprint density at radius 2 is 2.11 bits per heavy atom. The number of benzene rings is 1. The molecule has 0 bridgehead atoms. The van der Waals surface area contributed by atoms with Crippen molar-refractivity contribution in [2.45, 2.75) is 25.2 Å². The first-order valence-corrected chi connectivity index (χ1v) is 6.18. The van der Waals surface area contributed by atoms with E-state index in [1.54, 1.807) is 25.1 Å². The van der Waals surface area contributed by atoms with Crippen LogP contribution in [0, 0.1) is 0 Å². The van der Waals surface area contributed by atoms with Gasteiger partial charge in [-0.15, -0.1) is 0 Å². The van der Waals surface area contributed by atoms with Crippen LogP contribution in [0.2, 0.25) is 5.02 Å². The third-order valence-corrected chi connectivity index (χ3v) is 3.12. The molecule has 1 aromatic carbocycles. The lowest BCUT2D eigenvalue weighted by molar-refractivity contribution is -0.134. The highest BCUT2D eigenvalue weighted by Gasteiger charge is 2.34. The molecule has 0 heterocycles. The molecule has 0 radical (unpaired) electrons. The van der Waals surface area contributed by atoms with Crippen LogP contribution >= 0.6 is 11.6 Å². The standard InChI is InChI=1S/C13H19ClN2O3/c1-13(12(15)17,8-11(18-2)19-3)16-10-6-4-5-9(14)7-10/h4-7,11,16H,8H2,1-3H3,(H2,15,17). The largest absolute Gasteiger partial charge is 0.371 e. The number of primary amides is 1. The van der Waals surface area contributed by atoms with Gasteiger partial charge in [-0.05, 0) is 25.1 Å². The number of carbonyl (C=O) groups is 1. The molecule has 0 saturated carbocycles. The first-order valence-electron chi connectivity index (χ1n) is 5.80. The molecule has 0 aliphatic heterocycles. The summed E-state index contributed by atoms with van der Waals surface area (Å²) < 4.78 is 10.2. The lowest BCUT2D eigenvalue weighted by Crippen LogP contribution is -2.50. The molecule has 1 amide bonds. The maximum Gasteiger partial charge on any atom is 0.243 e. The number of methoxy groups -OCH3 is 2. The van der Waals surface area contributed by atoms with Gasteiger partial charge in [-0.1, -0.05) is 17.7 Å². The maximum absolute atomic E-state index is 11.7. The van der Waals surface area contributed by atoms with Gasteiger partial charge in [0.25, 0.3) is 0 Å². The zero-order valence-corrected chi connectivity index (χ0v) is 12.0. The van der Waals surface area contributed by atoms with Crippen LogP contribution in [0.15, 0.2) is 24.3 Å². The number of amides is 1. The van der Waals surface area contributed by atoms with Gasteiger partial charge in [0.05, 0.1) is 0 Å². The number of carbonyl (C=O) groups excluding carboxylic acids is 1. The van der Waals surface area contributed by atoms with Crippen LogP contribution in [0.25, 0.3) is 0 Å². The van der Waals surface area contributed by atoms with Gasteiger partial charge in [0, 0.05) is 31.4 Å². The Kier molecular flexibility index (Phi) is 5.60. The van der Waals surface area contributed by atoms with Crippen molar-refractivity contribution in [2.24, 2.45) is 5.73 Å². The molecule has 3 N–H and O–H groups in total. The number of hydrogen-bond donors (Lipinski definition) is 2. The molecular formula is C13H19ClN2O3. The summed E-state index contributed by atoms with van der Waals surface area (Å²) in [6.45, 7) is 1.70. The Morgan fingerprint density at radius 3 is 2.58 bits per heavy atom. The van der Waals surface area contributed by atoms with E-state index in [0.717, 1.165) is 0 Å². The van der Waals surface area contributed by atoms with E-state index >= 15 is 0 Å². The summed E-state index contributed by atoms with van der Waals surface area (Å²) in [6, 6.07) is 7.07. The van der Waals surface area contributed by atoms with E-state index in [0.29, 0.717) is 10.7 Å². The number of anilines is 1. The average molecular weight is 287 g/mol. The van der Waals surface area contributed by atoms with E-state index < -0.39 is 17.7 Å². The quantitative estimate of drug-likeness (QED) is 0.752. The Morgan fingerprint density at radius 1 is 1.47 bits per heavy atom. The third kappa shape index (κ3) is 4.38. The minimum atomic E-state index is -0.999. The van der Waals surface area contributed by atoms with Gasteiger partial charge in [-0.25, -0.2) is 0 Å². The van der Waals surface area contributed by atoms with Gasteiger partial charge >= 0.3 is 0 Å². The maximum atomic E-state index is 11.7. The monoisotopic (exact) mass is 286 g/mol. The predicted octanol–water partition coefficient (Wildman–Crippen LogP) is 2.00. The van der Waals surface area contributed by atoms with Crippen molar-refractivity contribution in [2.75, 3.05) is 19.5 Å². The molecule has 1 aromatic rings. The molecule has 0 saturated heterocycles. The van der Waals surface area contributed by atoms with Crippen LogP contribution in [0.5, 0.6) is 0 Å². The van der Waals surface area contributed by atoms with E-state index in [2.05, 4.69) is 5.32 Å². The molecular weight excluding hydrogens is 268 g/mol. The van der Waals surface area contributed by atoms with Crippen LogP contribution in [-0.4, -0.2) is 32.0 Å². The summed E-state index contributed by atoms with van der Waals surface area (Å²) >= 11 is 5.91. The molecule has 0 fully saturated rings. The number of rotatable bonds is 7. The van der Waals surface area contributed by atoms with Crippen molar-refractivity contribution in [3.8, 4) is 0 Å². The summed E-state index contributed by atoms with van der Waals surface area (Å²) in [5.41, 5.74) is 5.18. The van der Waals surface area contributed by atoms with E-state index in [1.807, 2.05) is 6.07 Å². The van der Waals surface area contributed by atoms with Crippen molar-refractivity contribution in [1.29, 1.82) is 0 Å². The van der Waals surface area contributed by atoms with Crippen LogP contribution < -0.4 is 11.1 Å². The van der Waals surface area contributed by atoms with Gasteiger partial charge in [0.2, 0.25) is 5.91 Å². The highest BCUT2D eigenvalue weighted by molar-refractivity contribution is 6.30. The second-order valence-electron chi connectivity index (χ2n) is 4.44. The van der Waals surface area contributed by atoms with E-state index in [1.165, 1.54) is 14.2 Å². The van der Waals surface area contributed by atoms with Crippen molar-refractivity contribution >= 4 is 23.2 Å². The Labute approximate surface area is 118 Å². The predicted molar refractivity (Wildman–Crippen MR) is 75.1 cm³/mol. The zero-order valence-electron chi connectivity index (χ0n) is 11.3. The second kappa shape index (κ2) is 6.75. The minimum Gasteiger partial charge on any atom is -0.371 e. The lowest BCUT2D eigenvalue weighted by atomic mass is 9.96. The summed E-state index contributed by atoms with van der Waals surface area (Å²) in [7, 11) is 3.02. The number of ether oxygens (including phenoxy) is 2. The van der Waals surface area contributed by atoms with Gasteiger partial charge in [0.1, 0.15) is 5.54 Å². The Bertz CT molecular complexity index is 438. The normalized spacial score (nSPS) is 14.2. The fourth-order valence-electron chi connectivity index (χ4n) is 1.69. The number of hydrogen-bond acceptors (Lipinski definition) is 4. The first-order chi connectivity index (χ1) is 8.91. The van der Waals surface area contributed by atoms with Crippen molar-refractivity contribution in [3.63, 3.8) is 0 Å². The highest BCUT2D eigenvalue weighted by Crippen LogP contribution is 2.23. The van der Waals surface area contributed by atoms with Gasteiger partial charge in [0.15, 0.2) is 6.29 Å². The Balaban J connectivity index is 2.90. The van der Waals surface area contributed by atoms with Crippen LogP contribution in [0.1, 0.15) is 13.3 Å². The minimum absolute atomic E-state index is 0.280. The molecule has 106 valence electrons. The summed E-state index contributed by atoms with van der Waals surface area (Å²) in [4.78, 5) is 11.7. The smallest absolute Gasteiger partial charge is 0.243 e. The summed E-state index contributed by atoms with van der Waals surface area (Å²) in [5.74, 6) is -0.494. The number of halogens is 1. The van der Waals surface area contributed by atoms with Crippen LogP contribution in [0.4, 0.5) is 5.69 Å². The SMILES string of the molecule is COC(CC(C)(Nc1cccc(Cl)c1)C(N)=O)OC. The average Bonchev–Trinajstić information content (AvgIpc) is 2.35. The van der Waals surface area contributed by atoms with Crippen LogP contribution in [0.3, 0.4) is 0 Å². The topological polar surface area (TPSA) is 73.6 Å². The van der Waals surface area contributed by atoms with Gasteiger partial charge in [-0.2, -0.15) is 0 Å². The lowest BCUT2D eigenvalue weighted by Gasteiger charge is -2.31. The molecule has 0 spiro atoms. The van der Waals surface area contributed by atoms with Crippen molar-refractivity contribution < 1.29 is 14.3 Å². The van der Waals surface area contributed by atoms with E-state index in [9.17, 15) is 4.79 Å². The van der Waals surface area contributed by atoms with E-state index in [4.69, 9.17) is 26.8 Å². The molecule has 1 rings (SSSR count). The molecule has 1 unspecified atom stereocenters.